The molecule has 3 fully saturated rings. The van der Waals surface area contributed by atoms with E-state index in [9.17, 15) is 24.0 Å². The molecule has 1 aromatic heterocycles. The summed E-state index contributed by atoms with van der Waals surface area (Å²) in [7, 11) is 3.98. The molecule has 3 saturated heterocycles. The number of rotatable bonds is 9. The predicted molar refractivity (Wildman–Crippen MR) is 224 cm³/mol. The van der Waals surface area contributed by atoms with Gasteiger partial charge in [-0.2, -0.15) is 0 Å². The Morgan fingerprint density at radius 3 is 2.35 bits per heavy atom. The zero-order valence-electron chi connectivity index (χ0n) is 37.0. The van der Waals surface area contributed by atoms with Crippen molar-refractivity contribution in [3.05, 3.63) is 54.4 Å². The second-order valence-corrected chi connectivity index (χ2v) is 17.7. The van der Waals surface area contributed by atoms with E-state index in [1.807, 2.05) is 58.3 Å². The Hall–Kier alpha value is -4.53. The summed E-state index contributed by atoms with van der Waals surface area (Å²) >= 11 is 0. The van der Waals surface area contributed by atoms with Crippen LogP contribution in [-0.2, 0) is 42.9 Å². The number of ether oxygens (including phenoxy) is 5. The molecule has 1 aromatic carbocycles. The molecule has 1 N–H and O–H groups in total. The minimum atomic E-state index is -1.62. The maximum absolute atomic E-state index is 14.5. The van der Waals surface area contributed by atoms with Gasteiger partial charge in [0.15, 0.2) is 17.9 Å². The van der Waals surface area contributed by atoms with E-state index >= 15 is 0 Å². The number of esters is 2. The van der Waals surface area contributed by atoms with Gasteiger partial charge in [0.2, 0.25) is 0 Å². The molecule has 3 unspecified atom stereocenters. The topological polar surface area (TPSA) is 173 Å². The van der Waals surface area contributed by atoms with Crippen molar-refractivity contribution in [3.63, 3.8) is 0 Å². The molecule has 0 bridgehead atoms. The molecule has 328 valence electrons. The largest absolute Gasteiger partial charge is 0.458 e. The summed E-state index contributed by atoms with van der Waals surface area (Å²) in [5.74, 6) is -5.95. The summed E-state index contributed by atoms with van der Waals surface area (Å²) in [5, 5.41) is 2.80. The van der Waals surface area contributed by atoms with Crippen LogP contribution < -0.4 is 5.32 Å². The van der Waals surface area contributed by atoms with Gasteiger partial charge in [-0.05, 0) is 78.7 Å². The van der Waals surface area contributed by atoms with Crippen molar-refractivity contribution >= 4 is 35.7 Å². The first kappa shape index (κ1) is 46.5. The molecule has 1 amide bonds. The lowest BCUT2D eigenvalue weighted by Gasteiger charge is -2.47. The van der Waals surface area contributed by atoms with Crippen LogP contribution in [0.4, 0.5) is 4.79 Å². The first-order chi connectivity index (χ1) is 28.3. The lowest BCUT2D eigenvalue weighted by Crippen LogP contribution is -2.58. The molecule has 14 nitrogen and oxygen atoms in total. The first-order valence-corrected chi connectivity index (χ1v) is 21.3. The Morgan fingerprint density at radius 1 is 0.983 bits per heavy atom. The highest BCUT2D eigenvalue weighted by Crippen LogP contribution is 2.45. The summed E-state index contributed by atoms with van der Waals surface area (Å²) < 4.78 is 31.5. The Labute approximate surface area is 354 Å². The highest BCUT2D eigenvalue weighted by molar-refractivity contribution is 6.00. The highest BCUT2D eigenvalue weighted by atomic mass is 16.7. The standard InChI is InChI=1S/C46H64N4O10/c1-12-36-46(9)34(24-37(51)59-46)28(4)38(52)26(2)25-45(8,60-44(55)49-19-14-17-32-16-13-18-33(23-32)41-47-20-15-21-48-41)40(30(6)39(53)31(7)42(54)57-36)58-43-29(5)35(50(10)11)22-27(3)56-43/h13-18,20-21,23,26-31,34-36,40,43H,12,19,22,24-25H2,1-11H3,(H,49,55)/b17-14+/t26-,27-,28?,29-,30?,31-,34?,35+,36-,40-,43+,45-,46+/m1/s1. The number of nitrogens with one attached hydrogen (secondary N) is 1. The van der Waals surface area contributed by atoms with Crippen molar-refractivity contribution < 1.29 is 47.7 Å². The van der Waals surface area contributed by atoms with Crippen LogP contribution in [0.25, 0.3) is 17.5 Å². The Morgan fingerprint density at radius 2 is 1.68 bits per heavy atom. The molecule has 0 aliphatic carbocycles. The van der Waals surface area contributed by atoms with Gasteiger partial charge in [0.05, 0.1) is 12.5 Å². The van der Waals surface area contributed by atoms with Crippen LogP contribution >= 0.6 is 0 Å². The van der Waals surface area contributed by atoms with Crippen LogP contribution in [0.2, 0.25) is 0 Å². The van der Waals surface area contributed by atoms with Crippen molar-refractivity contribution in [1.82, 2.24) is 20.2 Å². The van der Waals surface area contributed by atoms with Crippen molar-refractivity contribution in [2.45, 2.75) is 130 Å². The van der Waals surface area contributed by atoms with Crippen LogP contribution in [0, 0.1) is 35.5 Å². The number of amides is 1. The predicted octanol–water partition coefficient (Wildman–Crippen LogP) is 6.46. The zero-order chi connectivity index (χ0) is 44.1. The van der Waals surface area contributed by atoms with E-state index in [0.717, 1.165) is 17.5 Å². The lowest BCUT2D eigenvalue weighted by molar-refractivity contribution is -0.277. The molecule has 14 heteroatoms. The molecule has 3 aliphatic rings. The van der Waals surface area contributed by atoms with E-state index in [0.29, 0.717) is 5.82 Å². The van der Waals surface area contributed by atoms with Gasteiger partial charge in [0.25, 0.3) is 0 Å². The van der Waals surface area contributed by atoms with Crippen molar-refractivity contribution in [1.29, 1.82) is 0 Å². The molecule has 2 aromatic rings. The molecule has 4 heterocycles. The van der Waals surface area contributed by atoms with E-state index in [4.69, 9.17) is 23.7 Å². The van der Waals surface area contributed by atoms with Gasteiger partial charge in [-0.3, -0.25) is 19.2 Å². The maximum Gasteiger partial charge on any atom is 0.408 e. The molecule has 13 atom stereocenters. The number of ketones is 2. The smallest absolute Gasteiger partial charge is 0.408 e. The third-order valence-electron chi connectivity index (χ3n) is 12.9. The van der Waals surface area contributed by atoms with Crippen LogP contribution in [-0.4, -0.2) is 107 Å². The van der Waals surface area contributed by atoms with Crippen molar-refractivity contribution in [2.75, 3.05) is 20.6 Å². The van der Waals surface area contributed by atoms with Gasteiger partial charge in [-0.15, -0.1) is 0 Å². The quantitative estimate of drug-likeness (QED) is 0.166. The number of nitrogens with zero attached hydrogens (tertiary/aromatic N) is 3. The Bertz CT molecular complexity index is 1890. The summed E-state index contributed by atoms with van der Waals surface area (Å²) in [6.45, 7) is 15.9. The van der Waals surface area contributed by atoms with Crippen molar-refractivity contribution in [2.24, 2.45) is 35.5 Å². The number of aromatic nitrogens is 2. The number of Topliss-reactive ketones (excluding diaryl/α,β-unsaturated/α-hetero) is 2. The fourth-order valence-corrected chi connectivity index (χ4v) is 9.53. The molecule has 0 radical (unpaired) electrons. The van der Waals surface area contributed by atoms with Gasteiger partial charge in [-0.25, -0.2) is 14.8 Å². The second kappa shape index (κ2) is 19.5. The number of alkyl carbamates (subject to hydrolysis) is 1. The number of benzene rings is 1. The lowest BCUT2D eigenvalue weighted by atomic mass is 9.70. The van der Waals surface area contributed by atoms with Gasteiger partial charge in [0.1, 0.15) is 35.1 Å². The van der Waals surface area contributed by atoms with Gasteiger partial charge in [0, 0.05) is 60.1 Å². The number of carbonyl (C=O) groups excluding carboxylic acids is 5. The van der Waals surface area contributed by atoms with E-state index in [1.165, 1.54) is 6.92 Å². The SMILES string of the molecule is CC[C@H]1OC(=O)[C@H](C)C(=O)C(C)[C@@H](O[C@@H]2O[C@H](C)C[C@H](N(C)C)[C@H]2C)[C@](C)(OC(=O)NC/C=C/c2cccc(-c3ncccn3)c2)C[C@@H](C)C(=O)C(C)C2CC(=O)O[C@@]21C. The van der Waals surface area contributed by atoms with E-state index in [-0.39, 0.29) is 49.7 Å². The van der Waals surface area contributed by atoms with E-state index < -0.39 is 83.1 Å². The number of hydrogen-bond donors (Lipinski definition) is 1. The average Bonchev–Trinajstić information content (AvgIpc) is 3.53. The number of hydrogen-bond acceptors (Lipinski definition) is 13. The monoisotopic (exact) mass is 832 g/mol. The van der Waals surface area contributed by atoms with Crippen LogP contribution in [0.5, 0.6) is 0 Å². The minimum absolute atomic E-state index is 0.0435. The molecular formula is C46H64N4O10. The summed E-state index contributed by atoms with van der Waals surface area (Å²) in [4.78, 5) is 80.5. The second-order valence-electron chi connectivity index (χ2n) is 17.7. The van der Waals surface area contributed by atoms with Crippen LogP contribution in [0.3, 0.4) is 0 Å². The molecule has 0 spiro atoms. The average molecular weight is 833 g/mol. The Kier molecular flexibility index (Phi) is 15.1. The number of carbonyl (C=O) groups is 5. The molecule has 0 saturated carbocycles. The number of fused-ring (bicyclic) bond motifs is 1. The van der Waals surface area contributed by atoms with Gasteiger partial charge >= 0.3 is 18.0 Å². The van der Waals surface area contributed by atoms with Crippen LogP contribution in [0.1, 0.15) is 93.6 Å². The van der Waals surface area contributed by atoms with E-state index in [2.05, 4.69) is 20.2 Å². The van der Waals surface area contributed by atoms with Gasteiger partial charge < -0.3 is 33.9 Å². The highest BCUT2D eigenvalue weighted by Gasteiger charge is 2.57. The normalized spacial score (nSPS) is 35.7. The summed E-state index contributed by atoms with van der Waals surface area (Å²) in [6.07, 6.45) is 4.03. The zero-order valence-corrected chi connectivity index (χ0v) is 37.0. The molecule has 5 rings (SSSR count). The molecule has 3 aliphatic heterocycles. The molecular weight excluding hydrogens is 769 g/mol. The van der Waals surface area contributed by atoms with Gasteiger partial charge in [-0.1, -0.05) is 65.0 Å². The first-order valence-electron chi connectivity index (χ1n) is 21.3. The number of cyclic esters (lactones) is 1. The Balaban J connectivity index is 1.50. The fraction of sp³-hybridized carbons (Fsp3) is 0.630. The maximum atomic E-state index is 14.5. The van der Waals surface area contributed by atoms with E-state index in [1.54, 1.807) is 66.1 Å². The third-order valence-corrected chi connectivity index (χ3v) is 12.9. The minimum Gasteiger partial charge on any atom is -0.458 e. The molecule has 60 heavy (non-hydrogen) atoms. The summed E-state index contributed by atoms with van der Waals surface area (Å²) in [6, 6.07) is 9.48. The van der Waals surface area contributed by atoms with Crippen LogP contribution in [0.15, 0.2) is 48.8 Å². The fourth-order valence-electron chi connectivity index (χ4n) is 9.53. The van der Waals surface area contributed by atoms with Crippen molar-refractivity contribution in [3.8, 4) is 11.4 Å². The summed E-state index contributed by atoms with van der Waals surface area (Å²) in [5.41, 5.74) is -1.22. The third kappa shape index (κ3) is 10.3.